The summed E-state index contributed by atoms with van der Waals surface area (Å²) in [5.74, 6) is -0.124. The van der Waals surface area contributed by atoms with E-state index in [0.717, 1.165) is 17.8 Å². The van der Waals surface area contributed by atoms with Crippen molar-refractivity contribution in [3.63, 3.8) is 0 Å². The van der Waals surface area contributed by atoms with Gasteiger partial charge >= 0.3 is 0 Å². The van der Waals surface area contributed by atoms with E-state index < -0.39 is 6.29 Å². The number of carbonyl (C=O) groups excluding carboxylic acids is 1. The zero-order valence-electron chi connectivity index (χ0n) is 21.8. The number of H-pyrrole nitrogens is 1. The van der Waals surface area contributed by atoms with E-state index in [1.165, 1.54) is 12.1 Å². The van der Waals surface area contributed by atoms with Crippen LogP contribution in [0.1, 0.15) is 24.0 Å². The van der Waals surface area contributed by atoms with Gasteiger partial charge in [-0.3, -0.25) is 9.80 Å². The Bertz CT molecular complexity index is 1100. The van der Waals surface area contributed by atoms with E-state index in [1.807, 2.05) is 30.1 Å². The van der Waals surface area contributed by atoms with Gasteiger partial charge in [0.2, 0.25) is 5.91 Å². The lowest BCUT2D eigenvalue weighted by atomic mass is 10.1. The molecule has 1 unspecified atom stereocenters. The fourth-order valence-corrected chi connectivity index (χ4v) is 4.16. The van der Waals surface area contributed by atoms with Crippen LogP contribution in [0.5, 0.6) is 0 Å². The van der Waals surface area contributed by atoms with Crippen LogP contribution in [-0.2, 0) is 20.7 Å². The molecule has 12 heteroatoms. The number of benzene rings is 1. The maximum absolute atomic E-state index is 13.6. The molecule has 1 saturated heterocycles. The van der Waals surface area contributed by atoms with Crippen LogP contribution in [0.3, 0.4) is 0 Å². The third kappa shape index (κ3) is 7.45. The van der Waals surface area contributed by atoms with Gasteiger partial charge in [-0.1, -0.05) is 0 Å². The Kier molecular flexibility index (Phi) is 9.96. The lowest BCUT2D eigenvalue weighted by Gasteiger charge is -2.30. The van der Waals surface area contributed by atoms with E-state index in [9.17, 15) is 9.18 Å². The molecule has 2 aliphatic rings. The average Bonchev–Trinajstić information content (AvgIpc) is 3.33. The second-order valence-electron chi connectivity index (χ2n) is 9.49. The molecule has 38 heavy (non-hydrogen) atoms. The predicted octanol–water partition coefficient (Wildman–Crippen LogP) is 1.21. The van der Waals surface area contributed by atoms with Crippen LogP contribution in [0.15, 0.2) is 41.5 Å². The highest BCUT2D eigenvalue weighted by Crippen LogP contribution is 2.31. The second kappa shape index (κ2) is 13.6. The number of hydrazine groups is 1. The van der Waals surface area contributed by atoms with Gasteiger partial charge < -0.3 is 29.8 Å². The molecule has 0 bridgehead atoms. The third-order valence-electron chi connectivity index (χ3n) is 6.22. The Morgan fingerprint density at radius 2 is 2.00 bits per heavy atom. The van der Waals surface area contributed by atoms with Crippen LogP contribution in [0.4, 0.5) is 4.39 Å². The number of hydrogen-bond donors (Lipinski definition) is 4. The molecular formula is C26H36FN7O4. The van der Waals surface area contributed by atoms with Crippen molar-refractivity contribution in [2.24, 2.45) is 10.9 Å². The van der Waals surface area contributed by atoms with Crippen molar-refractivity contribution in [2.75, 3.05) is 53.6 Å². The molecule has 1 fully saturated rings. The number of aliphatic hydroxyl groups excluding tert-OH is 1. The van der Waals surface area contributed by atoms with Crippen molar-refractivity contribution < 1.29 is 23.8 Å². The molecule has 1 atom stereocenters. The van der Waals surface area contributed by atoms with Gasteiger partial charge in [-0.2, -0.15) is 0 Å². The van der Waals surface area contributed by atoms with Gasteiger partial charge in [0.1, 0.15) is 24.0 Å². The molecular weight excluding hydrogens is 493 g/mol. The van der Waals surface area contributed by atoms with Crippen molar-refractivity contribution in [3.05, 3.63) is 53.9 Å². The molecule has 4 N–H and O–H groups in total. The lowest BCUT2D eigenvalue weighted by molar-refractivity contribution is -0.200. The number of aromatic nitrogens is 2. The number of amides is 1. The molecule has 0 spiro atoms. The average molecular weight is 530 g/mol. The highest BCUT2D eigenvalue weighted by Gasteiger charge is 2.30. The summed E-state index contributed by atoms with van der Waals surface area (Å²) in [6, 6.07) is 5.92. The summed E-state index contributed by atoms with van der Waals surface area (Å²) in [5, 5.41) is 13.9. The summed E-state index contributed by atoms with van der Waals surface area (Å²) in [5.41, 5.74) is 5.49. The highest BCUT2D eigenvalue weighted by molar-refractivity contribution is 5.79. The minimum absolute atomic E-state index is 0.0769. The SMILES string of the molecule is CN(C)CCNC(=O)C1COC(Cc2nc(-c3ccc(F)cc3)c(C3C=CN=CN3NCCCO)[nH]2)OC1. The molecule has 2 aromatic rings. The maximum atomic E-state index is 13.6. The van der Waals surface area contributed by atoms with Crippen molar-refractivity contribution in [1.29, 1.82) is 0 Å². The quantitative estimate of drug-likeness (QED) is 0.302. The van der Waals surface area contributed by atoms with Crippen LogP contribution >= 0.6 is 0 Å². The number of imidazole rings is 1. The van der Waals surface area contributed by atoms with Gasteiger partial charge in [0.05, 0.1) is 36.9 Å². The van der Waals surface area contributed by atoms with E-state index in [-0.39, 0.29) is 43.5 Å². The van der Waals surface area contributed by atoms with Crippen molar-refractivity contribution in [3.8, 4) is 11.3 Å². The van der Waals surface area contributed by atoms with Crippen molar-refractivity contribution in [2.45, 2.75) is 25.2 Å². The first kappa shape index (κ1) is 27.9. The summed E-state index contributed by atoms with van der Waals surface area (Å²) in [7, 11) is 3.91. The number of halogens is 1. The monoisotopic (exact) mass is 529 g/mol. The minimum atomic E-state index is -0.553. The molecule has 4 rings (SSSR count). The Morgan fingerprint density at radius 3 is 2.71 bits per heavy atom. The molecule has 1 aromatic carbocycles. The Hall–Kier alpha value is -3.16. The van der Waals surface area contributed by atoms with Crippen LogP contribution in [0, 0.1) is 11.7 Å². The highest BCUT2D eigenvalue weighted by atomic mass is 19.1. The Balaban J connectivity index is 1.46. The minimum Gasteiger partial charge on any atom is -0.396 e. The number of rotatable bonds is 12. The number of hydrogen-bond acceptors (Lipinski definition) is 9. The molecule has 0 aliphatic carbocycles. The van der Waals surface area contributed by atoms with E-state index >= 15 is 0 Å². The zero-order chi connectivity index (χ0) is 26.9. The van der Waals surface area contributed by atoms with E-state index in [1.54, 1.807) is 24.7 Å². The van der Waals surface area contributed by atoms with Gasteiger partial charge in [-0.05, 0) is 50.9 Å². The third-order valence-corrected chi connectivity index (χ3v) is 6.22. The summed E-state index contributed by atoms with van der Waals surface area (Å²) in [4.78, 5) is 26.9. The first-order valence-electron chi connectivity index (χ1n) is 12.8. The van der Waals surface area contributed by atoms with Gasteiger partial charge in [-0.15, -0.1) is 0 Å². The van der Waals surface area contributed by atoms with E-state index in [4.69, 9.17) is 19.6 Å². The molecule has 0 radical (unpaired) electrons. The lowest BCUT2D eigenvalue weighted by Crippen LogP contribution is -2.44. The number of nitrogens with one attached hydrogen (secondary N) is 3. The number of likely N-dealkylation sites (N-methyl/N-ethyl adjacent to an activating group) is 1. The molecule has 11 nitrogen and oxygen atoms in total. The van der Waals surface area contributed by atoms with Crippen molar-refractivity contribution in [1.82, 2.24) is 30.6 Å². The largest absolute Gasteiger partial charge is 0.396 e. The molecule has 1 aromatic heterocycles. The Labute approximate surface area is 221 Å². The summed E-state index contributed by atoms with van der Waals surface area (Å²) >= 11 is 0. The molecule has 206 valence electrons. The molecule has 3 heterocycles. The molecule has 0 saturated carbocycles. The zero-order valence-corrected chi connectivity index (χ0v) is 21.8. The number of aliphatic imine (C=N–C) groups is 1. The topological polar surface area (TPSA) is 127 Å². The first-order chi connectivity index (χ1) is 18.4. The number of carbonyl (C=O) groups is 1. The number of aromatic amines is 1. The van der Waals surface area contributed by atoms with Crippen LogP contribution < -0.4 is 10.7 Å². The second-order valence-corrected chi connectivity index (χ2v) is 9.49. The fourth-order valence-electron chi connectivity index (χ4n) is 4.16. The van der Waals surface area contributed by atoms with Crippen LogP contribution in [0.25, 0.3) is 11.3 Å². The Morgan fingerprint density at radius 1 is 1.24 bits per heavy atom. The smallest absolute Gasteiger partial charge is 0.227 e. The maximum Gasteiger partial charge on any atom is 0.227 e. The van der Waals surface area contributed by atoms with Crippen LogP contribution in [-0.4, -0.2) is 97.1 Å². The van der Waals surface area contributed by atoms with E-state index in [2.05, 4.69) is 20.7 Å². The normalized spacial score (nSPS) is 21.3. The predicted molar refractivity (Wildman–Crippen MR) is 140 cm³/mol. The van der Waals surface area contributed by atoms with Crippen LogP contribution in [0.2, 0.25) is 0 Å². The van der Waals surface area contributed by atoms with E-state index in [0.29, 0.717) is 37.4 Å². The van der Waals surface area contributed by atoms with Gasteiger partial charge in [-0.25, -0.2) is 19.8 Å². The first-order valence-corrected chi connectivity index (χ1v) is 12.8. The molecule has 1 amide bonds. The van der Waals surface area contributed by atoms with Gasteiger partial charge in [0.15, 0.2) is 6.29 Å². The number of nitrogens with zero attached hydrogens (tertiary/aromatic N) is 4. The van der Waals surface area contributed by atoms with Crippen molar-refractivity contribution >= 4 is 12.2 Å². The van der Waals surface area contributed by atoms with Gasteiger partial charge in [0.25, 0.3) is 0 Å². The van der Waals surface area contributed by atoms with Gasteiger partial charge in [0, 0.05) is 38.0 Å². The number of aliphatic hydroxyl groups is 1. The molecule has 2 aliphatic heterocycles. The summed E-state index contributed by atoms with van der Waals surface area (Å²) in [6.07, 6.45) is 5.69. The fraction of sp³-hybridized carbons (Fsp3) is 0.500. The summed E-state index contributed by atoms with van der Waals surface area (Å²) in [6.45, 7) is 2.50. The number of ether oxygens (including phenoxy) is 2. The standard InChI is InChI=1S/C26H36FN7O4/c1-33(2)12-11-29-26(36)19-15-37-23(38-16-19)14-22-31-24(18-4-6-20(27)7-5-18)25(32-22)21-8-10-28-17-34(21)30-9-3-13-35/h4-8,10,17,19,21,23,30,35H,3,9,11-16H2,1-2H3,(H,29,36)(H,31,32). The summed E-state index contributed by atoms with van der Waals surface area (Å²) < 4.78 is 25.4.